The molecule has 0 aromatic carbocycles. The highest BCUT2D eigenvalue weighted by Crippen LogP contribution is 2.19. The highest BCUT2D eigenvalue weighted by Gasteiger charge is 2.29. The number of aliphatic carboxylic acids is 1. The summed E-state index contributed by atoms with van der Waals surface area (Å²) in [5, 5.41) is 15.5. The maximum atomic E-state index is 13.3. The van der Waals surface area contributed by atoms with E-state index in [-0.39, 0.29) is 18.7 Å². The number of thiophene rings is 2. The number of nitrogens with zero attached hydrogens (tertiary/aromatic N) is 1. The van der Waals surface area contributed by atoms with E-state index in [1.807, 2.05) is 35.0 Å². The Hall–Kier alpha value is -2.39. The molecule has 0 unspecified atom stereocenters. The molecular weight excluding hydrogens is 412 g/mol. The fraction of sp³-hybridized carbons (Fsp3) is 0.450. The first kappa shape index (κ1) is 22.9. The zero-order valence-electron chi connectivity index (χ0n) is 16.7. The van der Waals surface area contributed by atoms with Gasteiger partial charge in [0.1, 0.15) is 11.6 Å². The number of amides is 2. The Balaban J connectivity index is 2.18. The lowest BCUT2D eigenvalue weighted by Gasteiger charge is -2.28. The lowest BCUT2D eigenvalue weighted by molar-refractivity contribution is -0.138. The molecule has 0 saturated carbocycles. The van der Waals surface area contributed by atoms with E-state index in [1.54, 1.807) is 25.7 Å². The molecule has 2 heterocycles. The molecule has 2 N–H and O–H groups in total. The third kappa shape index (κ3) is 8.25. The van der Waals surface area contributed by atoms with Gasteiger partial charge in [-0.1, -0.05) is 12.1 Å². The molecular formula is C20H26N2O5S2. The highest BCUT2D eigenvalue weighted by molar-refractivity contribution is 7.10. The quantitative estimate of drug-likeness (QED) is 0.615. The fourth-order valence-corrected chi connectivity index (χ4v) is 4.03. The van der Waals surface area contributed by atoms with Crippen molar-refractivity contribution in [3.8, 4) is 0 Å². The molecule has 9 heteroatoms. The molecule has 0 aliphatic carbocycles. The van der Waals surface area contributed by atoms with E-state index < -0.39 is 23.7 Å². The Kier molecular flexibility index (Phi) is 8.21. The van der Waals surface area contributed by atoms with Crippen LogP contribution >= 0.6 is 22.7 Å². The lowest BCUT2D eigenvalue weighted by atomic mass is 10.1. The molecule has 0 fully saturated rings. The van der Waals surface area contributed by atoms with E-state index in [2.05, 4.69) is 5.32 Å². The van der Waals surface area contributed by atoms with Gasteiger partial charge in [-0.2, -0.15) is 0 Å². The Labute approximate surface area is 178 Å². The molecule has 0 aliphatic rings. The predicted molar refractivity (Wildman–Crippen MR) is 113 cm³/mol. The van der Waals surface area contributed by atoms with Gasteiger partial charge in [0.25, 0.3) is 0 Å². The van der Waals surface area contributed by atoms with Crippen molar-refractivity contribution in [3.63, 3.8) is 0 Å². The van der Waals surface area contributed by atoms with Crippen LogP contribution in [0, 0.1) is 0 Å². The van der Waals surface area contributed by atoms with Crippen LogP contribution < -0.4 is 5.32 Å². The highest BCUT2D eigenvalue weighted by atomic mass is 32.1. The van der Waals surface area contributed by atoms with Gasteiger partial charge in [0, 0.05) is 16.2 Å². The van der Waals surface area contributed by atoms with Gasteiger partial charge in [-0.15, -0.1) is 22.7 Å². The van der Waals surface area contributed by atoms with Gasteiger partial charge in [-0.05, 0) is 50.1 Å². The third-order valence-electron chi connectivity index (χ3n) is 3.80. The zero-order chi connectivity index (χ0) is 21.4. The van der Waals surface area contributed by atoms with Gasteiger partial charge >= 0.3 is 12.1 Å². The second kappa shape index (κ2) is 10.4. The standard InChI is InChI=1S/C20H26N2O5S2/c1-20(2,3)27-19(26)21-16(8-9-17(23)24)18(25)22(12-14-6-4-10-28-14)13-15-7-5-11-29-15/h4-7,10-11,16H,8-9,12-13H2,1-3H3,(H,21,26)(H,23,24)/t16-/m0/s1. The molecule has 2 aromatic rings. The van der Waals surface area contributed by atoms with Crippen LogP contribution in [0.15, 0.2) is 35.0 Å². The van der Waals surface area contributed by atoms with E-state index in [9.17, 15) is 14.4 Å². The SMILES string of the molecule is CC(C)(C)OC(=O)N[C@@H](CCC(=O)O)C(=O)N(Cc1cccs1)Cc1cccs1. The molecule has 0 saturated heterocycles. The fourth-order valence-electron chi connectivity index (χ4n) is 2.59. The van der Waals surface area contributed by atoms with Crippen molar-refractivity contribution in [1.82, 2.24) is 10.2 Å². The van der Waals surface area contributed by atoms with Crippen LogP contribution in [0.3, 0.4) is 0 Å². The van der Waals surface area contributed by atoms with Crippen LogP contribution in [0.2, 0.25) is 0 Å². The van der Waals surface area contributed by atoms with Crippen molar-refractivity contribution in [2.75, 3.05) is 0 Å². The Morgan fingerprint density at radius 1 is 1.10 bits per heavy atom. The van der Waals surface area contributed by atoms with Crippen LogP contribution in [0.4, 0.5) is 4.79 Å². The van der Waals surface area contributed by atoms with Crippen LogP contribution in [0.25, 0.3) is 0 Å². The zero-order valence-corrected chi connectivity index (χ0v) is 18.3. The summed E-state index contributed by atoms with van der Waals surface area (Å²) in [6.07, 6.45) is -0.995. The summed E-state index contributed by atoms with van der Waals surface area (Å²) < 4.78 is 5.25. The maximum Gasteiger partial charge on any atom is 0.408 e. The lowest BCUT2D eigenvalue weighted by Crippen LogP contribution is -2.49. The minimum atomic E-state index is -1.03. The third-order valence-corrected chi connectivity index (χ3v) is 5.52. The number of carbonyl (C=O) groups excluding carboxylic acids is 2. The van der Waals surface area contributed by atoms with Gasteiger partial charge in [0.15, 0.2) is 0 Å². The van der Waals surface area contributed by atoms with Crippen molar-refractivity contribution in [1.29, 1.82) is 0 Å². The van der Waals surface area contributed by atoms with Gasteiger partial charge in [-0.3, -0.25) is 9.59 Å². The van der Waals surface area contributed by atoms with Crippen molar-refractivity contribution >= 4 is 40.6 Å². The summed E-state index contributed by atoms with van der Waals surface area (Å²) >= 11 is 3.07. The first-order chi connectivity index (χ1) is 13.6. The summed E-state index contributed by atoms with van der Waals surface area (Å²) in [5.41, 5.74) is -0.724. The Morgan fingerprint density at radius 2 is 1.66 bits per heavy atom. The largest absolute Gasteiger partial charge is 0.481 e. The molecule has 0 bridgehead atoms. The molecule has 0 aliphatic heterocycles. The Morgan fingerprint density at radius 3 is 2.07 bits per heavy atom. The first-order valence-corrected chi connectivity index (χ1v) is 10.9. The van der Waals surface area contributed by atoms with Gasteiger partial charge < -0.3 is 20.1 Å². The number of nitrogens with one attached hydrogen (secondary N) is 1. The summed E-state index contributed by atoms with van der Waals surface area (Å²) in [7, 11) is 0. The molecule has 29 heavy (non-hydrogen) atoms. The molecule has 2 amide bonds. The minimum absolute atomic E-state index is 0.0151. The molecule has 158 valence electrons. The Bertz CT molecular complexity index is 761. The van der Waals surface area contributed by atoms with E-state index in [4.69, 9.17) is 9.84 Å². The summed E-state index contributed by atoms with van der Waals surface area (Å²) in [6, 6.07) is 6.71. The topological polar surface area (TPSA) is 95.9 Å². The summed E-state index contributed by atoms with van der Waals surface area (Å²) in [5.74, 6) is -1.37. The number of carboxylic acids is 1. The number of hydrogen-bond acceptors (Lipinski definition) is 6. The number of rotatable bonds is 9. The number of hydrogen-bond donors (Lipinski definition) is 2. The van der Waals surface area contributed by atoms with Crippen LogP contribution in [-0.4, -0.2) is 39.6 Å². The number of alkyl carbamates (subject to hydrolysis) is 1. The normalized spacial score (nSPS) is 12.2. The van der Waals surface area contributed by atoms with E-state index >= 15 is 0 Å². The van der Waals surface area contributed by atoms with Crippen LogP contribution in [-0.2, 0) is 27.4 Å². The van der Waals surface area contributed by atoms with Gasteiger partial charge in [0.05, 0.1) is 13.1 Å². The predicted octanol–water partition coefficient (Wildman–Crippen LogP) is 4.10. The monoisotopic (exact) mass is 438 g/mol. The second-order valence-electron chi connectivity index (χ2n) is 7.48. The summed E-state index contributed by atoms with van der Waals surface area (Å²) in [6.45, 7) is 5.93. The average Bonchev–Trinajstić information content (AvgIpc) is 3.29. The van der Waals surface area contributed by atoms with E-state index in [1.165, 1.54) is 22.7 Å². The van der Waals surface area contributed by atoms with Crippen LogP contribution in [0.5, 0.6) is 0 Å². The molecule has 2 rings (SSSR count). The van der Waals surface area contributed by atoms with Crippen molar-refractivity contribution in [2.45, 2.75) is 58.3 Å². The number of ether oxygens (including phenoxy) is 1. The van der Waals surface area contributed by atoms with Gasteiger partial charge in [0.2, 0.25) is 5.91 Å². The van der Waals surface area contributed by atoms with Crippen LogP contribution in [0.1, 0.15) is 43.4 Å². The first-order valence-electron chi connectivity index (χ1n) is 9.19. The molecule has 0 radical (unpaired) electrons. The van der Waals surface area contributed by atoms with Crippen molar-refractivity contribution in [3.05, 3.63) is 44.8 Å². The smallest absolute Gasteiger partial charge is 0.408 e. The summed E-state index contributed by atoms with van der Waals surface area (Å²) in [4.78, 5) is 40.2. The van der Waals surface area contributed by atoms with E-state index in [0.29, 0.717) is 13.1 Å². The second-order valence-corrected chi connectivity index (χ2v) is 9.55. The number of carboxylic acid groups (broad SMARTS) is 1. The minimum Gasteiger partial charge on any atom is -0.481 e. The maximum absolute atomic E-state index is 13.3. The van der Waals surface area contributed by atoms with Crippen molar-refractivity contribution < 1.29 is 24.2 Å². The molecule has 7 nitrogen and oxygen atoms in total. The van der Waals surface area contributed by atoms with Crippen molar-refractivity contribution in [2.24, 2.45) is 0 Å². The average molecular weight is 439 g/mol. The van der Waals surface area contributed by atoms with Gasteiger partial charge in [-0.25, -0.2) is 4.79 Å². The molecule has 0 spiro atoms. The van der Waals surface area contributed by atoms with E-state index in [0.717, 1.165) is 9.75 Å². The molecule has 1 atom stereocenters. The molecule has 2 aromatic heterocycles. The number of carbonyl (C=O) groups is 3.